The molecule has 7 heteroatoms. The summed E-state index contributed by atoms with van der Waals surface area (Å²) in [5.41, 5.74) is 2.32. The van der Waals surface area contributed by atoms with Crippen molar-refractivity contribution in [3.05, 3.63) is 64.9 Å². The largest absolute Gasteiger partial charge is 0.379 e. The van der Waals surface area contributed by atoms with Gasteiger partial charge in [0.15, 0.2) is 0 Å². The van der Waals surface area contributed by atoms with Gasteiger partial charge < -0.3 is 9.64 Å². The Bertz CT molecular complexity index is 889. The average molecular weight is 485 g/mol. The number of hydrogen-bond donors (Lipinski definition) is 0. The van der Waals surface area contributed by atoms with Gasteiger partial charge in [-0.2, -0.15) is 0 Å². The fourth-order valence-corrected chi connectivity index (χ4v) is 5.34. The van der Waals surface area contributed by atoms with Crippen molar-refractivity contribution in [2.75, 3.05) is 53.0 Å². The summed E-state index contributed by atoms with van der Waals surface area (Å²) in [6.07, 6.45) is 5.26. The van der Waals surface area contributed by atoms with Gasteiger partial charge in [-0.3, -0.25) is 19.6 Å². The van der Waals surface area contributed by atoms with Gasteiger partial charge in [0.1, 0.15) is 0 Å². The van der Waals surface area contributed by atoms with Gasteiger partial charge >= 0.3 is 0 Å². The fourth-order valence-electron chi connectivity index (χ4n) is 5.21. The summed E-state index contributed by atoms with van der Waals surface area (Å²) in [4.78, 5) is 24.3. The van der Waals surface area contributed by atoms with E-state index in [-0.39, 0.29) is 5.91 Å². The van der Waals surface area contributed by atoms with Gasteiger partial charge in [-0.05, 0) is 55.1 Å². The summed E-state index contributed by atoms with van der Waals surface area (Å²) >= 11 is 6.07. The van der Waals surface area contributed by atoms with Crippen LogP contribution in [0.5, 0.6) is 0 Å². The van der Waals surface area contributed by atoms with Crippen LogP contribution in [-0.4, -0.2) is 84.6 Å². The highest BCUT2D eigenvalue weighted by Crippen LogP contribution is 2.28. The van der Waals surface area contributed by atoms with Crippen LogP contribution in [0.4, 0.5) is 0 Å². The van der Waals surface area contributed by atoms with Gasteiger partial charge in [-0.15, -0.1) is 0 Å². The van der Waals surface area contributed by atoms with E-state index < -0.39 is 0 Å². The average Bonchev–Trinajstić information content (AvgIpc) is 2.88. The molecule has 1 aromatic heterocycles. The minimum absolute atomic E-state index is 0.228. The Labute approximate surface area is 208 Å². The van der Waals surface area contributed by atoms with E-state index in [1.807, 2.05) is 48.5 Å². The summed E-state index contributed by atoms with van der Waals surface area (Å²) in [6.45, 7) is 7.36. The van der Waals surface area contributed by atoms with Crippen LogP contribution < -0.4 is 0 Å². The molecule has 34 heavy (non-hydrogen) atoms. The number of benzene rings is 1. The number of pyridine rings is 1. The summed E-state index contributed by atoms with van der Waals surface area (Å²) in [6, 6.07) is 14.6. The summed E-state index contributed by atoms with van der Waals surface area (Å²) in [5, 5.41) is 0.776. The van der Waals surface area contributed by atoms with E-state index in [1.54, 1.807) is 0 Å². The second kappa shape index (κ2) is 12.6. The molecule has 0 radical (unpaired) electrons. The van der Waals surface area contributed by atoms with Crippen LogP contribution in [0.3, 0.4) is 0 Å². The molecule has 2 atom stereocenters. The second-order valence-corrected chi connectivity index (χ2v) is 9.99. The number of aromatic nitrogens is 1. The Morgan fingerprint density at radius 3 is 2.68 bits per heavy atom. The van der Waals surface area contributed by atoms with Gasteiger partial charge in [0.25, 0.3) is 0 Å². The predicted molar refractivity (Wildman–Crippen MR) is 136 cm³/mol. The maximum absolute atomic E-state index is 12.9. The number of morpholine rings is 1. The van der Waals surface area contributed by atoms with Crippen LogP contribution in [0, 0.1) is 5.92 Å². The quantitative estimate of drug-likeness (QED) is 0.542. The molecule has 0 unspecified atom stereocenters. The summed E-state index contributed by atoms with van der Waals surface area (Å²) in [7, 11) is 1.92. The number of likely N-dealkylation sites (tertiary alicyclic amines) is 1. The van der Waals surface area contributed by atoms with Gasteiger partial charge in [0.2, 0.25) is 5.91 Å². The zero-order valence-electron chi connectivity index (χ0n) is 20.2. The lowest BCUT2D eigenvalue weighted by Crippen LogP contribution is -2.54. The third kappa shape index (κ3) is 7.25. The number of rotatable bonds is 9. The monoisotopic (exact) mass is 484 g/mol. The molecule has 1 aromatic carbocycles. The zero-order valence-corrected chi connectivity index (χ0v) is 21.0. The van der Waals surface area contributed by atoms with E-state index in [0.717, 1.165) is 75.9 Å². The number of halogens is 1. The molecule has 3 heterocycles. The standard InChI is InChI=1S/C27H37ClN4O2/c1-30(14-11-25-4-2-3-13-29-25)27(33)10-7-23-21-31(20-22-5-8-24(28)9-6-22)15-12-26(23)32-16-18-34-19-17-32/h2-6,8-9,13,23,26H,7,10-12,14-21H2,1H3/t23-,26+/m0/s1. The lowest BCUT2D eigenvalue weighted by Gasteiger charge is -2.45. The van der Waals surface area contributed by atoms with Crippen molar-refractivity contribution in [1.29, 1.82) is 0 Å². The lowest BCUT2D eigenvalue weighted by atomic mass is 9.86. The smallest absolute Gasteiger partial charge is 0.222 e. The van der Waals surface area contributed by atoms with Gasteiger partial charge in [-0.25, -0.2) is 0 Å². The van der Waals surface area contributed by atoms with Crippen molar-refractivity contribution in [3.63, 3.8) is 0 Å². The molecule has 0 N–H and O–H groups in total. The number of amides is 1. The van der Waals surface area contributed by atoms with Gasteiger partial charge in [0, 0.05) is 75.6 Å². The van der Waals surface area contributed by atoms with E-state index in [9.17, 15) is 4.79 Å². The Morgan fingerprint density at radius 1 is 1.15 bits per heavy atom. The number of carbonyl (C=O) groups excluding carboxylic acids is 1. The zero-order chi connectivity index (χ0) is 23.8. The first kappa shape index (κ1) is 25.1. The summed E-state index contributed by atoms with van der Waals surface area (Å²) < 4.78 is 5.60. The van der Waals surface area contributed by atoms with E-state index in [2.05, 4.69) is 26.9 Å². The second-order valence-electron chi connectivity index (χ2n) is 9.55. The van der Waals surface area contributed by atoms with Crippen molar-refractivity contribution >= 4 is 17.5 Å². The molecule has 2 saturated heterocycles. The van der Waals surface area contributed by atoms with Crippen LogP contribution >= 0.6 is 11.6 Å². The number of piperidine rings is 1. The molecular formula is C27H37ClN4O2. The van der Waals surface area contributed by atoms with Crippen molar-refractivity contribution in [2.24, 2.45) is 5.92 Å². The number of ether oxygens (including phenoxy) is 1. The highest BCUT2D eigenvalue weighted by molar-refractivity contribution is 6.30. The molecule has 0 spiro atoms. The fraction of sp³-hybridized carbons (Fsp3) is 0.556. The molecule has 2 aliphatic heterocycles. The maximum atomic E-state index is 12.9. The first-order chi connectivity index (χ1) is 16.6. The normalized spacial score (nSPS) is 21.9. The molecule has 1 amide bonds. The van der Waals surface area contributed by atoms with Crippen LogP contribution in [0.15, 0.2) is 48.7 Å². The van der Waals surface area contributed by atoms with Crippen molar-refractivity contribution < 1.29 is 9.53 Å². The van der Waals surface area contributed by atoms with E-state index >= 15 is 0 Å². The van der Waals surface area contributed by atoms with Crippen molar-refractivity contribution in [2.45, 2.75) is 38.3 Å². The highest BCUT2D eigenvalue weighted by atomic mass is 35.5. The first-order valence-corrected chi connectivity index (χ1v) is 12.9. The van der Waals surface area contributed by atoms with Crippen LogP contribution in [0.25, 0.3) is 0 Å². The van der Waals surface area contributed by atoms with Gasteiger partial charge in [-0.1, -0.05) is 29.8 Å². The molecule has 2 fully saturated rings. The third-order valence-electron chi connectivity index (χ3n) is 7.20. The lowest BCUT2D eigenvalue weighted by molar-refractivity contribution is -0.130. The molecule has 0 saturated carbocycles. The topological polar surface area (TPSA) is 48.9 Å². The van der Waals surface area contributed by atoms with Crippen LogP contribution in [0.2, 0.25) is 5.02 Å². The summed E-state index contributed by atoms with van der Waals surface area (Å²) in [5.74, 6) is 0.707. The number of nitrogens with zero attached hydrogens (tertiary/aromatic N) is 4. The Morgan fingerprint density at radius 2 is 1.94 bits per heavy atom. The predicted octanol–water partition coefficient (Wildman–Crippen LogP) is 3.74. The minimum atomic E-state index is 0.228. The molecule has 184 valence electrons. The van der Waals surface area contributed by atoms with Crippen molar-refractivity contribution in [3.8, 4) is 0 Å². The van der Waals surface area contributed by atoms with E-state index in [0.29, 0.717) is 24.9 Å². The molecule has 0 aliphatic carbocycles. The Hall–Kier alpha value is -1.99. The van der Waals surface area contributed by atoms with Crippen LogP contribution in [-0.2, 0) is 22.5 Å². The van der Waals surface area contributed by atoms with E-state index in [4.69, 9.17) is 16.3 Å². The third-order valence-corrected chi connectivity index (χ3v) is 7.45. The Kier molecular flexibility index (Phi) is 9.33. The molecule has 2 aliphatic rings. The number of likely N-dealkylation sites (N-methyl/N-ethyl adjacent to an activating group) is 1. The molecule has 2 aromatic rings. The van der Waals surface area contributed by atoms with Crippen LogP contribution in [0.1, 0.15) is 30.5 Å². The maximum Gasteiger partial charge on any atom is 0.222 e. The minimum Gasteiger partial charge on any atom is -0.379 e. The molecular weight excluding hydrogens is 448 g/mol. The molecule has 6 nitrogen and oxygen atoms in total. The molecule has 4 rings (SSSR count). The number of carbonyl (C=O) groups is 1. The first-order valence-electron chi connectivity index (χ1n) is 12.5. The molecule has 0 bridgehead atoms. The highest BCUT2D eigenvalue weighted by Gasteiger charge is 2.34. The van der Waals surface area contributed by atoms with Crippen molar-refractivity contribution in [1.82, 2.24) is 19.7 Å². The SMILES string of the molecule is CN(CCc1ccccn1)C(=O)CC[C@H]1CN(Cc2ccc(Cl)cc2)CC[C@H]1N1CCOCC1. The van der Waals surface area contributed by atoms with Gasteiger partial charge in [0.05, 0.1) is 13.2 Å². The Balaban J connectivity index is 1.33. The van der Waals surface area contributed by atoms with E-state index in [1.165, 1.54) is 5.56 Å². The number of hydrogen-bond acceptors (Lipinski definition) is 5.